The van der Waals surface area contributed by atoms with E-state index in [2.05, 4.69) is 9.47 Å². The number of hydrogen-bond acceptors (Lipinski definition) is 6. The molecule has 0 radical (unpaired) electrons. The fraction of sp³-hybridized carbons (Fsp3) is 0.800. The molecule has 0 fully saturated rings. The van der Waals surface area contributed by atoms with Gasteiger partial charge in [0.25, 0.3) is 0 Å². The Morgan fingerprint density at radius 3 is 1.50 bits per heavy atom. The minimum atomic E-state index is -1.13. The maximum absolute atomic E-state index is 11.0. The smallest absolute Gasteiger partial charge is 0.308 e. The Morgan fingerprint density at radius 2 is 1.25 bits per heavy atom. The number of ether oxygens (including phenoxy) is 2. The summed E-state index contributed by atoms with van der Waals surface area (Å²) in [6.45, 7) is 3.31. The maximum Gasteiger partial charge on any atom is 0.308 e. The van der Waals surface area contributed by atoms with Crippen molar-refractivity contribution >= 4 is 11.9 Å². The first kappa shape index (κ1) is 14.9. The second-order valence-electron chi connectivity index (χ2n) is 3.21. The molecule has 0 spiro atoms. The molecule has 0 rings (SSSR count). The number of carbonyl (C=O) groups excluding carboxylic acids is 2. The molecule has 6 nitrogen and oxygen atoms in total. The topological polar surface area (TPSA) is 93.1 Å². The highest BCUT2D eigenvalue weighted by molar-refractivity contribution is 5.77. The van der Waals surface area contributed by atoms with Gasteiger partial charge in [-0.2, -0.15) is 0 Å². The molecule has 6 heteroatoms. The monoisotopic (exact) mass is 234 g/mol. The van der Waals surface area contributed by atoms with Crippen LogP contribution in [0, 0.1) is 0 Å². The Labute approximate surface area is 94.2 Å². The van der Waals surface area contributed by atoms with Crippen molar-refractivity contribution in [3.05, 3.63) is 0 Å². The van der Waals surface area contributed by atoms with Crippen LogP contribution in [0.1, 0.15) is 39.5 Å². The first-order valence-corrected chi connectivity index (χ1v) is 5.24. The molecule has 94 valence electrons. The molecule has 0 amide bonds. The van der Waals surface area contributed by atoms with E-state index in [0.717, 1.165) is 0 Å². The summed E-state index contributed by atoms with van der Waals surface area (Å²) in [5.74, 6) is -1.34. The quantitative estimate of drug-likeness (QED) is 0.486. The molecule has 0 aliphatic carbocycles. The summed E-state index contributed by atoms with van der Waals surface area (Å²) >= 11 is 0. The van der Waals surface area contributed by atoms with Gasteiger partial charge in [-0.3, -0.25) is 9.59 Å². The lowest BCUT2D eigenvalue weighted by atomic mass is 10.3. The van der Waals surface area contributed by atoms with Crippen molar-refractivity contribution in [1.82, 2.24) is 0 Å². The summed E-state index contributed by atoms with van der Waals surface area (Å²) in [4.78, 5) is 22.0. The minimum Gasteiger partial charge on any atom is -0.436 e. The van der Waals surface area contributed by atoms with E-state index >= 15 is 0 Å². The lowest BCUT2D eigenvalue weighted by molar-refractivity contribution is -0.175. The predicted octanol–water partition coefficient (Wildman–Crippen LogP) is 0.310. The first-order valence-electron chi connectivity index (χ1n) is 5.24. The van der Waals surface area contributed by atoms with Gasteiger partial charge in [-0.1, -0.05) is 13.8 Å². The fourth-order valence-electron chi connectivity index (χ4n) is 0.792. The van der Waals surface area contributed by atoms with Crippen molar-refractivity contribution < 1.29 is 29.3 Å². The van der Waals surface area contributed by atoms with Gasteiger partial charge in [-0.15, -0.1) is 0 Å². The highest BCUT2D eigenvalue weighted by Crippen LogP contribution is 2.02. The van der Waals surface area contributed by atoms with Crippen LogP contribution in [-0.2, 0) is 19.1 Å². The van der Waals surface area contributed by atoms with E-state index in [-0.39, 0.29) is 12.8 Å². The summed E-state index contributed by atoms with van der Waals surface area (Å²) in [5.41, 5.74) is 0. The number of aliphatic hydroxyl groups is 2. The second kappa shape index (κ2) is 8.06. The van der Waals surface area contributed by atoms with Gasteiger partial charge in [0.05, 0.1) is 12.8 Å². The van der Waals surface area contributed by atoms with Crippen molar-refractivity contribution in [3.8, 4) is 0 Å². The molecule has 0 aliphatic heterocycles. The molecule has 2 unspecified atom stereocenters. The van der Waals surface area contributed by atoms with E-state index in [0.29, 0.717) is 12.8 Å². The van der Waals surface area contributed by atoms with E-state index < -0.39 is 24.5 Å². The number of rotatable bonds is 7. The zero-order valence-corrected chi connectivity index (χ0v) is 9.51. The minimum absolute atomic E-state index is 0.174. The van der Waals surface area contributed by atoms with Gasteiger partial charge in [0, 0.05) is 12.8 Å². The van der Waals surface area contributed by atoms with E-state index in [1.165, 1.54) is 0 Å². The van der Waals surface area contributed by atoms with Crippen LogP contribution in [0.5, 0.6) is 0 Å². The lowest BCUT2D eigenvalue weighted by Crippen LogP contribution is -2.20. The molecule has 0 saturated heterocycles. The van der Waals surface area contributed by atoms with Gasteiger partial charge in [-0.05, 0) is 0 Å². The normalized spacial score (nSPS) is 14.0. The number of carbonyl (C=O) groups is 2. The molecule has 2 atom stereocenters. The molecule has 0 aromatic rings. The third-order valence-corrected chi connectivity index (χ3v) is 1.77. The highest BCUT2D eigenvalue weighted by atomic mass is 16.6. The van der Waals surface area contributed by atoms with Crippen LogP contribution in [0.15, 0.2) is 0 Å². The van der Waals surface area contributed by atoms with Crippen LogP contribution in [0.3, 0.4) is 0 Å². The molecule has 0 bridgehead atoms. The Kier molecular flexibility index (Phi) is 7.49. The van der Waals surface area contributed by atoms with E-state index in [4.69, 9.17) is 10.2 Å². The van der Waals surface area contributed by atoms with E-state index in [1.54, 1.807) is 13.8 Å². The molecule has 0 saturated carbocycles. The largest absolute Gasteiger partial charge is 0.436 e. The highest BCUT2D eigenvalue weighted by Gasteiger charge is 2.14. The predicted molar refractivity (Wildman–Crippen MR) is 54.0 cm³/mol. The summed E-state index contributed by atoms with van der Waals surface area (Å²) in [5, 5.41) is 18.0. The zero-order valence-electron chi connectivity index (χ0n) is 9.51. The van der Waals surface area contributed by atoms with Crippen LogP contribution in [-0.4, -0.2) is 34.7 Å². The molecule has 0 aromatic heterocycles. The molecular weight excluding hydrogens is 216 g/mol. The van der Waals surface area contributed by atoms with Crippen LogP contribution >= 0.6 is 0 Å². The fourth-order valence-corrected chi connectivity index (χ4v) is 0.792. The number of aliphatic hydroxyl groups excluding tert-OH is 2. The Morgan fingerprint density at radius 1 is 0.938 bits per heavy atom. The van der Waals surface area contributed by atoms with E-state index in [9.17, 15) is 9.59 Å². The summed E-state index contributed by atoms with van der Waals surface area (Å²) < 4.78 is 9.06. The molecule has 0 aromatic carbocycles. The molecule has 16 heavy (non-hydrogen) atoms. The Hall–Kier alpha value is -1.14. The van der Waals surface area contributed by atoms with Gasteiger partial charge in [0.1, 0.15) is 0 Å². The van der Waals surface area contributed by atoms with Crippen LogP contribution < -0.4 is 0 Å². The van der Waals surface area contributed by atoms with Crippen LogP contribution in [0.25, 0.3) is 0 Å². The van der Waals surface area contributed by atoms with Gasteiger partial charge in [0.2, 0.25) is 0 Å². The zero-order chi connectivity index (χ0) is 12.6. The molecule has 0 heterocycles. The van der Waals surface area contributed by atoms with Gasteiger partial charge >= 0.3 is 11.9 Å². The first-order chi connectivity index (χ1) is 7.49. The molecule has 2 N–H and O–H groups in total. The maximum atomic E-state index is 11.0. The number of hydrogen-bond donors (Lipinski definition) is 2. The van der Waals surface area contributed by atoms with Crippen LogP contribution in [0.2, 0.25) is 0 Å². The van der Waals surface area contributed by atoms with Crippen molar-refractivity contribution in [2.75, 3.05) is 0 Å². The Balaban J connectivity index is 3.71. The average Bonchev–Trinajstić information content (AvgIpc) is 2.26. The third kappa shape index (κ3) is 7.19. The van der Waals surface area contributed by atoms with Gasteiger partial charge in [-0.25, -0.2) is 0 Å². The van der Waals surface area contributed by atoms with E-state index in [1.807, 2.05) is 0 Å². The average molecular weight is 234 g/mol. The Bertz CT molecular complexity index is 203. The lowest BCUT2D eigenvalue weighted by Gasteiger charge is -2.11. The van der Waals surface area contributed by atoms with Gasteiger partial charge in [0.15, 0.2) is 12.6 Å². The van der Waals surface area contributed by atoms with Gasteiger partial charge < -0.3 is 19.7 Å². The molecule has 0 aliphatic rings. The van der Waals surface area contributed by atoms with Crippen molar-refractivity contribution in [2.24, 2.45) is 0 Å². The molecular formula is C10H18O6. The van der Waals surface area contributed by atoms with Crippen molar-refractivity contribution in [3.63, 3.8) is 0 Å². The summed E-state index contributed by atoms with van der Waals surface area (Å²) in [6.07, 6.45) is -2.02. The summed E-state index contributed by atoms with van der Waals surface area (Å²) in [6, 6.07) is 0. The number of esters is 2. The van der Waals surface area contributed by atoms with Crippen molar-refractivity contribution in [2.45, 2.75) is 52.1 Å². The van der Waals surface area contributed by atoms with Crippen molar-refractivity contribution in [1.29, 1.82) is 0 Å². The third-order valence-electron chi connectivity index (χ3n) is 1.77. The standard InChI is InChI=1S/C10H18O6/c1-3-7(11)15-9(13)5-6-10(14)16-8(12)4-2/h7-8,11-12H,3-6H2,1-2H3. The summed E-state index contributed by atoms with van der Waals surface area (Å²) in [7, 11) is 0. The SMILES string of the molecule is CCC(O)OC(=O)CCC(=O)OC(O)CC. The van der Waals surface area contributed by atoms with Crippen LogP contribution in [0.4, 0.5) is 0 Å². The second-order valence-corrected chi connectivity index (χ2v) is 3.21.